The van der Waals surface area contributed by atoms with Gasteiger partial charge in [-0.25, -0.2) is 0 Å². The van der Waals surface area contributed by atoms with Crippen molar-refractivity contribution in [1.29, 1.82) is 0 Å². The Labute approximate surface area is 252 Å². The number of benzene rings is 8. The van der Waals surface area contributed by atoms with Crippen molar-refractivity contribution in [3.8, 4) is 28.0 Å². The Morgan fingerprint density at radius 3 is 1.77 bits per heavy atom. The third-order valence-corrected chi connectivity index (χ3v) is 9.37. The highest BCUT2D eigenvalue weighted by Gasteiger charge is 2.18. The Bertz CT molecular complexity index is 2410. The maximum atomic E-state index is 5.94. The summed E-state index contributed by atoms with van der Waals surface area (Å²) in [6.45, 7) is 6.74. The number of fused-ring (bicyclic) bond motifs is 7. The van der Waals surface area contributed by atoms with Crippen molar-refractivity contribution in [3.63, 3.8) is 0 Å². The van der Waals surface area contributed by atoms with E-state index in [0.717, 1.165) is 5.75 Å². The molecule has 0 bridgehead atoms. The molecule has 0 aromatic heterocycles. The Hall–Kier alpha value is -5.14. The van der Waals surface area contributed by atoms with Crippen molar-refractivity contribution in [1.82, 2.24) is 0 Å². The molecule has 8 aromatic carbocycles. The fraction of sp³-hybridized carbons (Fsp3) is 0.0952. The lowest BCUT2D eigenvalue weighted by molar-refractivity contribution is 0.420. The largest absolute Gasteiger partial charge is 0.496 e. The molecule has 0 heterocycles. The summed E-state index contributed by atoms with van der Waals surface area (Å²) in [5, 5.41) is 12.7. The first-order chi connectivity index (χ1) is 21.0. The van der Waals surface area contributed by atoms with Gasteiger partial charge in [-0.3, -0.25) is 0 Å². The topological polar surface area (TPSA) is 9.23 Å². The minimum absolute atomic E-state index is 0.907. The van der Waals surface area contributed by atoms with Gasteiger partial charge in [0.05, 0.1) is 7.11 Å². The number of hydrogen-bond donors (Lipinski definition) is 0. The lowest BCUT2D eigenvalue weighted by Gasteiger charge is -2.19. The summed E-state index contributed by atoms with van der Waals surface area (Å²) in [5.41, 5.74) is 8.88. The van der Waals surface area contributed by atoms with Gasteiger partial charge in [-0.15, -0.1) is 0 Å². The number of rotatable bonds is 3. The van der Waals surface area contributed by atoms with Crippen molar-refractivity contribution >= 4 is 53.9 Å². The SMILES string of the molecule is COc1cccc2c1c(-c1cc(C)c3cc(-c4cc5ccccc5c5cccc(C)c45)ccc3c1C)cc1ccccc12. The molecule has 1 heteroatoms. The molecule has 43 heavy (non-hydrogen) atoms. The van der Waals surface area contributed by atoms with Crippen LogP contribution in [0.4, 0.5) is 0 Å². The van der Waals surface area contributed by atoms with E-state index in [1.807, 2.05) is 0 Å². The van der Waals surface area contributed by atoms with Crippen LogP contribution in [0.15, 0.2) is 121 Å². The minimum Gasteiger partial charge on any atom is -0.496 e. The monoisotopic (exact) mass is 552 g/mol. The molecule has 0 aliphatic carbocycles. The molecule has 206 valence electrons. The molecule has 0 atom stereocenters. The maximum absolute atomic E-state index is 5.94. The van der Waals surface area contributed by atoms with Gasteiger partial charge < -0.3 is 4.74 Å². The third kappa shape index (κ3) is 3.85. The highest BCUT2D eigenvalue weighted by atomic mass is 16.5. The quantitative estimate of drug-likeness (QED) is 0.198. The summed E-state index contributed by atoms with van der Waals surface area (Å²) in [6.07, 6.45) is 0. The summed E-state index contributed by atoms with van der Waals surface area (Å²) in [4.78, 5) is 0. The van der Waals surface area contributed by atoms with Crippen LogP contribution in [0.2, 0.25) is 0 Å². The van der Waals surface area contributed by atoms with Gasteiger partial charge in [0.1, 0.15) is 5.75 Å². The van der Waals surface area contributed by atoms with E-state index in [1.165, 1.54) is 92.8 Å². The van der Waals surface area contributed by atoms with Gasteiger partial charge in [0.25, 0.3) is 0 Å². The summed E-state index contributed by atoms with van der Waals surface area (Å²) in [7, 11) is 1.77. The number of ether oxygens (including phenoxy) is 1. The predicted molar refractivity (Wildman–Crippen MR) is 186 cm³/mol. The molecule has 0 fully saturated rings. The summed E-state index contributed by atoms with van der Waals surface area (Å²) < 4.78 is 5.94. The first-order valence-corrected chi connectivity index (χ1v) is 15.0. The molecule has 0 N–H and O–H groups in total. The van der Waals surface area contributed by atoms with Crippen LogP contribution in [0, 0.1) is 20.8 Å². The number of aryl methyl sites for hydroxylation is 3. The van der Waals surface area contributed by atoms with Crippen molar-refractivity contribution in [3.05, 3.63) is 138 Å². The Morgan fingerprint density at radius 1 is 0.419 bits per heavy atom. The van der Waals surface area contributed by atoms with Crippen LogP contribution in [0.1, 0.15) is 16.7 Å². The lowest BCUT2D eigenvalue weighted by atomic mass is 9.86. The van der Waals surface area contributed by atoms with Crippen molar-refractivity contribution in [2.75, 3.05) is 7.11 Å². The Balaban J connectivity index is 1.39. The fourth-order valence-electron chi connectivity index (χ4n) is 7.28. The van der Waals surface area contributed by atoms with Gasteiger partial charge in [0.2, 0.25) is 0 Å². The average Bonchev–Trinajstić information content (AvgIpc) is 3.05. The minimum atomic E-state index is 0.907. The molecule has 0 saturated heterocycles. The highest BCUT2D eigenvalue weighted by Crippen LogP contribution is 2.44. The molecule has 0 radical (unpaired) electrons. The van der Waals surface area contributed by atoms with Crippen molar-refractivity contribution in [2.24, 2.45) is 0 Å². The zero-order valence-corrected chi connectivity index (χ0v) is 25.0. The fourth-order valence-corrected chi connectivity index (χ4v) is 7.28. The van der Waals surface area contributed by atoms with E-state index in [4.69, 9.17) is 4.74 Å². The Kier molecular flexibility index (Phi) is 5.77. The lowest BCUT2D eigenvalue weighted by Crippen LogP contribution is -1.94. The average molecular weight is 553 g/mol. The van der Waals surface area contributed by atoms with E-state index in [0.29, 0.717) is 0 Å². The van der Waals surface area contributed by atoms with Crippen LogP contribution >= 0.6 is 0 Å². The van der Waals surface area contributed by atoms with Gasteiger partial charge >= 0.3 is 0 Å². The second-order valence-electron chi connectivity index (χ2n) is 11.8. The van der Waals surface area contributed by atoms with Crippen LogP contribution in [0.25, 0.3) is 76.1 Å². The zero-order valence-electron chi connectivity index (χ0n) is 25.0. The van der Waals surface area contributed by atoms with Gasteiger partial charge in [0.15, 0.2) is 0 Å². The van der Waals surface area contributed by atoms with Crippen LogP contribution < -0.4 is 4.74 Å². The third-order valence-electron chi connectivity index (χ3n) is 9.37. The molecular weight excluding hydrogens is 520 g/mol. The van der Waals surface area contributed by atoms with Gasteiger partial charge in [-0.2, -0.15) is 0 Å². The van der Waals surface area contributed by atoms with Crippen LogP contribution in [-0.4, -0.2) is 7.11 Å². The molecule has 0 amide bonds. The van der Waals surface area contributed by atoms with Crippen LogP contribution in [-0.2, 0) is 0 Å². The summed E-state index contributed by atoms with van der Waals surface area (Å²) in [5.74, 6) is 0.907. The van der Waals surface area contributed by atoms with E-state index in [1.54, 1.807) is 7.11 Å². The van der Waals surface area contributed by atoms with Crippen LogP contribution in [0.5, 0.6) is 5.75 Å². The zero-order chi connectivity index (χ0) is 29.2. The van der Waals surface area contributed by atoms with Gasteiger partial charge in [0, 0.05) is 5.39 Å². The predicted octanol–water partition coefficient (Wildman–Crippen LogP) is 11.7. The van der Waals surface area contributed by atoms with Gasteiger partial charge in [-0.1, -0.05) is 97.1 Å². The molecule has 1 nitrogen and oxygen atoms in total. The smallest absolute Gasteiger partial charge is 0.127 e. The van der Waals surface area contributed by atoms with Crippen molar-refractivity contribution in [2.45, 2.75) is 20.8 Å². The van der Waals surface area contributed by atoms with E-state index in [-0.39, 0.29) is 0 Å². The summed E-state index contributed by atoms with van der Waals surface area (Å²) >= 11 is 0. The summed E-state index contributed by atoms with van der Waals surface area (Å²) in [6, 6.07) is 44.6. The molecule has 0 aliphatic rings. The Morgan fingerprint density at radius 2 is 1.05 bits per heavy atom. The maximum Gasteiger partial charge on any atom is 0.127 e. The number of methoxy groups -OCH3 is 1. The number of hydrogen-bond acceptors (Lipinski definition) is 1. The highest BCUT2D eigenvalue weighted by molar-refractivity contribution is 6.18. The first kappa shape index (κ1) is 25.6. The normalized spacial score (nSPS) is 11.7. The molecule has 0 aliphatic heterocycles. The van der Waals surface area contributed by atoms with Crippen molar-refractivity contribution < 1.29 is 4.74 Å². The molecule has 8 rings (SSSR count). The molecule has 0 saturated carbocycles. The standard InChI is InChI=1S/C42H32O/c1-25-11-9-16-34-32-14-7-5-12-28(32)23-38(41(25)34)30-19-20-31-27(3)37(21-26(2)36(31)22-30)39-24-29-13-6-8-15-33(29)35-17-10-18-40(43-4)42(35)39/h5-24H,1-4H3. The molecule has 0 spiro atoms. The molecule has 8 aromatic rings. The van der Waals surface area contributed by atoms with E-state index < -0.39 is 0 Å². The van der Waals surface area contributed by atoms with E-state index >= 15 is 0 Å². The second kappa shape index (κ2) is 9.71. The molecular formula is C42H32O. The van der Waals surface area contributed by atoms with Crippen LogP contribution in [0.3, 0.4) is 0 Å². The molecule has 0 unspecified atom stereocenters. The van der Waals surface area contributed by atoms with E-state index in [2.05, 4.69) is 142 Å². The van der Waals surface area contributed by atoms with E-state index in [9.17, 15) is 0 Å². The first-order valence-electron chi connectivity index (χ1n) is 15.0. The van der Waals surface area contributed by atoms with Gasteiger partial charge in [-0.05, 0) is 132 Å². The second-order valence-corrected chi connectivity index (χ2v) is 11.8.